The van der Waals surface area contributed by atoms with Gasteiger partial charge in [0.25, 0.3) is 0 Å². The summed E-state index contributed by atoms with van der Waals surface area (Å²) >= 11 is -1.18. The maximum absolute atomic E-state index is 3.96. The number of nitrogens with zero attached hydrogens (tertiary/aromatic N) is 1. The SMILES string of the molecule is [CH3][SnH]([CH3])[c]1ccncc1. The Morgan fingerprint density at radius 2 is 1.78 bits per heavy atom. The molecule has 48 valence electrons. The van der Waals surface area contributed by atoms with Crippen molar-refractivity contribution in [3.8, 4) is 0 Å². The first kappa shape index (κ1) is 7.06. The van der Waals surface area contributed by atoms with Crippen LogP contribution in [0.5, 0.6) is 0 Å². The van der Waals surface area contributed by atoms with Crippen molar-refractivity contribution in [2.75, 3.05) is 0 Å². The molecule has 0 N–H and O–H groups in total. The first-order chi connectivity index (χ1) is 4.30. The van der Waals surface area contributed by atoms with Gasteiger partial charge in [0.1, 0.15) is 0 Å². The van der Waals surface area contributed by atoms with Crippen LogP contribution >= 0.6 is 0 Å². The van der Waals surface area contributed by atoms with Crippen LogP contribution in [0, 0.1) is 0 Å². The van der Waals surface area contributed by atoms with Crippen LogP contribution < -0.4 is 3.58 Å². The van der Waals surface area contributed by atoms with Crippen molar-refractivity contribution in [3.63, 3.8) is 0 Å². The summed E-state index contributed by atoms with van der Waals surface area (Å²) in [6, 6.07) is 4.28. The van der Waals surface area contributed by atoms with Gasteiger partial charge in [0.15, 0.2) is 0 Å². The molecule has 1 rings (SSSR count). The van der Waals surface area contributed by atoms with Crippen LogP contribution in [0.25, 0.3) is 0 Å². The fourth-order valence-corrected chi connectivity index (χ4v) is 3.44. The fourth-order valence-electron chi connectivity index (χ4n) is 0.748. The number of hydrogen-bond acceptors (Lipinski definition) is 1. The predicted octanol–water partition coefficient (Wildman–Crippen LogP) is 0.775. The van der Waals surface area contributed by atoms with Crippen molar-refractivity contribution in [1.29, 1.82) is 0 Å². The summed E-state index contributed by atoms with van der Waals surface area (Å²) in [4.78, 5) is 8.73. The first-order valence-corrected chi connectivity index (χ1v) is 11.4. The Kier molecular flexibility index (Phi) is 2.51. The Morgan fingerprint density at radius 3 is 2.11 bits per heavy atom. The average Bonchev–Trinajstić information content (AvgIpc) is 1.90. The van der Waals surface area contributed by atoms with E-state index >= 15 is 0 Å². The normalized spacial score (nSPS) is 10.1. The number of pyridine rings is 1. The zero-order valence-corrected chi connectivity index (χ0v) is 9.13. The average molecular weight is 228 g/mol. The van der Waals surface area contributed by atoms with Crippen LogP contribution in [0.2, 0.25) is 9.88 Å². The van der Waals surface area contributed by atoms with Crippen LogP contribution in [0.1, 0.15) is 0 Å². The van der Waals surface area contributed by atoms with Gasteiger partial charge in [0.2, 0.25) is 0 Å². The summed E-state index contributed by atoms with van der Waals surface area (Å²) in [6.45, 7) is 0. The second kappa shape index (κ2) is 3.20. The van der Waals surface area contributed by atoms with E-state index in [1.54, 1.807) is 3.58 Å². The van der Waals surface area contributed by atoms with E-state index in [1.165, 1.54) is 0 Å². The predicted molar refractivity (Wildman–Crippen MR) is 42.7 cm³/mol. The number of rotatable bonds is 1. The Labute approximate surface area is 62.9 Å². The van der Waals surface area contributed by atoms with Crippen molar-refractivity contribution in [2.45, 2.75) is 9.88 Å². The Bertz CT molecular complexity index is 172. The molecule has 0 aliphatic carbocycles. The molecule has 0 aliphatic rings. The second-order valence-electron chi connectivity index (χ2n) is 2.44. The molecular weight excluding hydrogens is 217 g/mol. The van der Waals surface area contributed by atoms with Crippen LogP contribution in [0.3, 0.4) is 0 Å². The van der Waals surface area contributed by atoms with Gasteiger partial charge >= 0.3 is 62.7 Å². The van der Waals surface area contributed by atoms with Gasteiger partial charge < -0.3 is 0 Å². The van der Waals surface area contributed by atoms with E-state index < -0.39 is 19.8 Å². The van der Waals surface area contributed by atoms with E-state index in [2.05, 4.69) is 27.0 Å². The van der Waals surface area contributed by atoms with Gasteiger partial charge in [-0.25, -0.2) is 0 Å². The topological polar surface area (TPSA) is 12.9 Å². The number of hydrogen-bond donors (Lipinski definition) is 0. The van der Waals surface area contributed by atoms with Crippen molar-refractivity contribution in [2.24, 2.45) is 0 Å². The van der Waals surface area contributed by atoms with Crippen LogP contribution in [0.4, 0.5) is 0 Å². The molecule has 0 aliphatic heterocycles. The van der Waals surface area contributed by atoms with E-state index in [0.717, 1.165) is 0 Å². The minimum absolute atomic E-state index is 1.18. The third-order valence-electron chi connectivity index (χ3n) is 1.37. The van der Waals surface area contributed by atoms with Crippen molar-refractivity contribution in [1.82, 2.24) is 4.98 Å². The quantitative estimate of drug-likeness (QED) is 0.647. The summed E-state index contributed by atoms with van der Waals surface area (Å²) < 4.78 is 1.56. The van der Waals surface area contributed by atoms with Crippen LogP contribution in [0.15, 0.2) is 24.5 Å². The van der Waals surface area contributed by atoms with E-state index in [1.807, 2.05) is 12.4 Å². The minimum atomic E-state index is -1.18. The molecule has 0 fully saturated rings. The Balaban J connectivity index is 2.85. The third-order valence-corrected chi connectivity index (χ3v) is 6.28. The van der Waals surface area contributed by atoms with Gasteiger partial charge in [-0.3, -0.25) is 0 Å². The van der Waals surface area contributed by atoms with Crippen molar-refractivity contribution in [3.05, 3.63) is 24.5 Å². The van der Waals surface area contributed by atoms with Crippen molar-refractivity contribution >= 4 is 23.3 Å². The molecule has 0 radical (unpaired) electrons. The van der Waals surface area contributed by atoms with Crippen molar-refractivity contribution < 1.29 is 0 Å². The van der Waals surface area contributed by atoms with E-state index in [9.17, 15) is 0 Å². The summed E-state index contributed by atoms with van der Waals surface area (Å²) in [7, 11) is 0. The molecule has 1 nitrogen and oxygen atoms in total. The molecule has 0 unspecified atom stereocenters. The van der Waals surface area contributed by atoms with E-state index in [0.29, 0.717) is 0 Å². The molecular formula is C7H11NSn. The second-order valence-corrected chi connectivity index (χ2v) is 10.9. The van der Waals surface area contributed by atoms with Gasteiger partial charge in [-0.2, -0.15) is 0 Å². The van der Waals surface area contributed by atoms with Gasteiger partial charge in [0.05, 0.1) is 0 Å². The molecule has 0 atom stereocenters. The molecule has 2 heteroatoms. The monoisotopic (exact) mass is 229 g/mol. The third kappa shape index (κ3) is 1.97. The van der Waals surface area contributed by atoms with E-state index in [4.69, 9.17) is 0 Å². The van der Waals surface area contributed by atoms with Gasteiger partial charge in [0, 0.05) is 0 Å². The molecule has 1 aromatic rings. The molecule has 0 amide bonds. The summed E-state index contributed by atoms with van der Waals surface area (Å²) in [5.74, 6) is 0. The molecule has 1 aromatic heterocycles. The zero-order valence-electron chi connectivity index (χ0n) is 5.83. The molecule has 0 aromatic carbocycles. The van der Waals surface area contributed by atoms with E-state index in [-0.39, 0.29) is 0 Å². The maximum atomic E-state index is 3.96. The standard InChI is InChI=1S/C5H4N.2CH3.Sn.H/c1-2-4-6-5-3-1;;;;/h2-5H;2*1H3;;. The Morgan fingerprint density at radius 1 is 1.22 bits per heavy atom. The number of aromatic nitrogens is 1. The van der Waals surface area contributed by atoms with Gasteiger partial charge in [-0.15, -0.1) is 0 Å². The zero-order chi connectivity index (χ0) is 6.69. The molecule has 0 saturated carbocycles. The van der Waals surface area contributed by atoms with Gasteiger partial charge in [-0.05, 0) is 0 Å². The summed E-state index contributed by atoms with van der Waals surface area (Å²) in [5.41, 5.74) is 0. The van der Waals surface area contributed by atoms with Crippen LogP contribution in [-0.4, -0.2) is 24.7 Å². The van der Waals surface area contributed by atoms with Gasteiger partial charge in [-0.1, -0.05) is 0 Å². The molecule has 0 saturated heterocycles. The molecule has 1 heterocycles. The molecule has 0 bridgehead atoms. The first-order valence-electron chi connectivity index (χ1n) is 3.20. The fraction of sp³-hybridized carbons (Fsp3) is 0.286. The molecule has 9 heavy (non-hydrogen) atoms. The summed E-state index contributed by atoms with van der Waals surface area (Å²) in [6.07, 6.45) is 3.76. The Hall–Kier alpha value is -0.0513. The molecule has 0 spiro atoms. The summed E-state index contributed by atoms with van der Waals surface area (Å²) in [5, 5.41) is 0. The van der Waals surface area contributed by atoms with Crippen LogP contribution in [-0.2, 0) is 0 Å².